The van der Waals surface area contributed by atoms with Crippen LogP contribution >= 0.6 is 0 Å². The van der Waals surface area contributed by atoms with E-state index in [2.05, 4.69) is 5.32 Å². The van der Waals surface area contributed by atoms with Gasteiger partial charge >= 0.3 is 5.97 Å². The van der Waals surface area contributed by atoms with Crippen molar-refractivity contribution in [1.29, 1.82) is 0 Å². The molecule has 0 aliphatic carbocycles. The first-order valence-corrected chi connectivity index (χ1v) is 5.65. The first-order valence-electron chi connectivity index (χ1n) is 5.65. The average molecular weight is 258 g/mol. The Balaban J connectivity index is 2.92. The fraction of sp³-hybridized carbons (Fsp3) is 0.727. The Kier molecular flexibility index (Phi) is 4.28. The molecule has 2 amide bonds. The van der Waals surface area contributed by atoms with Gasteiger partial charge in [-0.05, 0) is 13.8 Å². The van der Waals surface area contributed by atoms with Crippen molar-refractivity contribution in [1.82, 2.24) is 10.2 Å². The molecular weight excluding hydrogens is 240 g/mol. The summed E-state index contributed by atoms with van der Waals surface area (Å²) in [5.74, 6) is -1.94. The number of amides is 2. The monoisotopic (exact) mass is 258 g/mol. The third kappa shape index (κ3) is 2.98. The molecule has 102 valence electrons. The summed E-state index contributed by atoms with van der Waals surface area (Å²) in [5, 5.41) is 11.3. The van der Waals surface area contributed by atoms with Gasteiger partial charge in [-0.25, -0.2) is 0 Å². The van der Waals surface area contributed by atoms with Gasteiger partial charge in [-0.2, -0.15) is 0 Å². The van der Waals surface area contributed by atoms with E-state index >= 15 is 0 Å². The normalized spacial score (nSPS) is 20.5. The van der Waals surface area contributed by atoms with Gasteiger partial charge in [0.05, 0.1) is 6.42 Å². The summed E-state index contributed by atoms with van der Waals surface area (Å²) in [4.78, 5) is 35.9. The van der Waals surface area contributed by atoms with Crippen LogP contribution in [0.3, 0.4) is 0 Å². The maximum atomic E-state index is 12.2. The van der Waals surface area contributed by atoms with Crippen molar-refractivity contribution in [2.45, 2.75) is 31.9 Å². The largest absolute Gasteiger partial charge is 0.481 e. The second-order valence-electron chi connectivity index (χ2n) is 4.62. The van der Waals surface area contributed by atoms with Gasteiger partial charge in [0.15, 0.2) is 0 Å². The third-order valence-electron chi connectivity index (χ3n) is 2.98. The van der Waals surface area contributed by atoms with Crippen LogP contribution in [0.4, 0.5) is 0 Å². The third-order valence-corrected chi connectivity index (χ3v) is 2.98. The number of rotatable bonds is 4. The molecule has 0 bridgehead atoms. The Morgan fingerprint density at radius 1 is 1.56 bits per heavy atom. The Bertz CT molecular complexity index is 366. The van der Waals surface area contributed by atoms with Gasteiger partial charge in [-0.3, -0.25) is 14.4 Å². The van der Waals surface area contributed by atoms with Crippen LogP contribution in [0.15, 0.2) is 0 Å². The molecule has 2 N–H and O–H groups in total. The van der Waals surface area contributed by atoms with Crippen molar-refractivity contribution in [3.63, 3.8) is 0 Å². The molecule has 0 aromatic rings. The van der Waals surface area contributed by atoms with Crippen molar-refractivity contribution in [2.24, 2.45) is 0 Å². The molecule has 1 saturated heterocycles. The quantitative estimate of drug-likeness (QED) is 0.689. The lowest BCUT2D eigenvalue weighted by Crippen LogP contribution is -2.61. The van der Waals surface area contributed by atoms with Crippen molar-refractivity contribution < 1.29 is 24.2 Å². The smallest absolute Gasteiger partial charge is 0.305 e. The Hall–Kier alpha value is -1.63. The minimum absolute atomic E-state index is 0.287. The van der Waals surface area contributed by atoms with Crippen LogP contribution in [0, 0.1) is 0 Å². The lowest BCUT2D eigenvalue weighted by molar-refractivity contribution is -0.160. The summed E-state index contributed by atoms with van der Waals surface area (Å²) in [5.41, 5.74) is -1.08. The zero-order chi connectivity index (χ0) is 13.9. The van der Waals surface area contributed by atoms with Crippen LogP contribution < -0.4 is 5.32 Å². The zero-order valence-electron chi connectivity index (χ0n) is 10.7. The van der Waals surface area contributed by atoms with Gasteiger partial charge in [0.25, 0.3) is 5.91 Å². The summed E-state index contributed by atoms with van der Waals surface area (Å²) in [6.07, 6.45) is -0.405. The number of ether oxygens (including phenoxy) is 1. The number of methoxy groups -OCH3 is 1. The Labute approximate surface area is 105 Å². The molecule has 1 rings (SSSR count). The summed E-state index contributed by atoms with van der Waals surface area (Å²) in [6, 6.07) is -0.974. The highest BCUT2D eigenvalue weighted by atomic mass is 16.5. The standard InChI is InChI=1S/C11H18N2O5/c1-11(2,18-3)10(17)13-5-4-12-9(16)7(13)6-8(14)15/h7H,4-6H2,1-3H3,(H,12,16)(H,14,15). The van der Waals surface area contributed by atoms with Crippen LogP contribution in [0.1, 0.15) is 20.3 Å². The van der Waals surface area contributed by atoms with E-state index in [4.69, 9.17) is 9.84 Å². The molecule has 0 aromatic heterocycles. The Morgan fingerprint density at radius 3 is 2.67 bits per heavy atom. The molecular formula is C11H18N2O5. The second-order valence-corrected chi connectivity index (χ2v) is 4.62. The number of carbonyl (C=O) groups excluding carboxylic acids is 2. The predicted molar refractivity (Wildman–Crippen MR) is 61.9 cm³/mol. The van der Waals surface area contributed by atoms with E-state index in [1.807, 2.05) is 0 Å². The summed E-state index contributed by atoms with van der Waals surface area (Å²) < 4.78 is 5.07. The number of aliphatic carboxylic acids is 1. The molecule has 7 nitrogen and oxygen atoms in total. The molecule has 0 saturated carbocycles. The van der Waals surface area contributed by atoms with Crippen molar-refractivity contribution in [3.05, 3.63) is 0 Å². The van der Waals surface area contributed by atoms with Gasteiger partial charge in [-0.15, -0.1) is 0 Å². The van der Waals surface area contributed by atoms with E-state index in [1.165, 1.54) is 12.0 Å². The summed E-state index contributed by atoms with van der Waals surface area (Å²) >= 11 is 0. The van der Waals surface area contributed by atoms with Crippen LogP contribution in [0.25, 0.3) is 0 Å². The number of hydrogen-bond acceptors (Lipinski definition) is 4. The maximum Gasteiger partial charge on any atom is 0.305 e. The molecule has 1 unspecified atom stereocenters. The number of carboxylic acids is 1. The first-order chi connectivity index (χ1) is 8.29. The minimum Gasteiger partial charge on any atom is -0.481 e. The summed E-state index contributed by atoms with van der Waals surface area (Å²) in [7, 11) is 1.40. The molecule has 1 aliphatic rings. The topological polar surface area (TPSA) is 95.9 Å². The molecule has 1 fully saturated rings. The van der Waals surface area contributed by atoms with E-state index in [-0.39, 0.29) is 12.5 Å². The highest BCUT2D eigenvalue weighted by Crippen LogP contribution is 2.18. The second kappa shape index (κ2) is 5.34. The lowest BCUT2D eigenvalue weighted by atomic mass is 10.0. The minimum atomic E-state index is -1.12. The van der Waals surface area contributed by atoms with Crippen molar-refractivity contribution in [2.75, 3.05) is 20.2 Å². The van der Waals surface area contributed by atoms with Crippen LogP contribution in [0.2, 0.25) is 0 Å². The van der Waals surface area contributed by atoms with Gasteiger partial charge in [-0.1, -0.05) is 0 Å². The number of hydrogen-bond donors (Lipinski definition) is 2. The zero-order valence-corrected chi connectivity index (χ0v) is 10.7. The van der Waals surface area contributed by atoms with E-state index in [1.54, 1.807) is 13.8 Å². The summed E-state index contributed by atoms with van der Waals surface area (Å²) in [6.45, 7) is 3.77. The lowest BCUT2D eigenvalue weighted by Gasteiger charge is -2.38. The fourth-order valence-corrected chi connectivity index (χ4v) is 1.76. The predicted octanol–water partition coefficient (Wildman–Crippen LogP) is -0.787. The molecule has 1 aliphatic heterocycles. The number of carboxylic acid groups (broad SMARTS) is 1. The average Bonchev–Trinajstić information content (AvgIpc) is 2.30. The van der Waals surface area contributed by atoms with Gasteiger partial charge in [0, 0.05) is 20.2 Å². The molecule has 7 heteroatoms. The van der Waals surface area contributed by atoms with Gasteiger partial charge in [0.1, 0.15) is 11.6 Å². The van der Waals surface area contributed by atoms with Crippen molar-refractivity contribution in [3.8, 4) is 0 Å². The van der Waals surface area contributed by atoms with Gasteiger partial charge < -0.3 is 20.1 Å². The van der Waals surface area contributed by atoms with Crippen LogP contribution in [-0.4, -0.2) is 59.6 Å². The maximum absolute atomic E-state index is 12.2. The number of carbonyl (C=O) groups is 3. The highest BCUT2D eigenvalue weighted by molar-refractivity contribution is 5.94. The molecule has 0 spiro atoms. The molecule has 1 atom stereocenters. The molecule has 0 aromatic carbocycles. The molecule has 18 heavy (non-hydrogen) atoms. The van der Waals surface area contributed by atoms with E-state index in [0.29, 0.717) is 6.54 Å². The first kappa shape index (κ1) is 14.4. The number of piperazine rings is 1. The molecule has 0 radical (unpaired) electrons. The number of nitrogens with zero attached hydrogens (tertiary/aromatic N) is 1. The van der Waals surface area contributed by atoms with Crippen LogP contribution in [-0.2, 0) is 19.1 Å². The number of nitrogens with one attached hydrogen (secondary N) is 1. The highest BCUT2D eigenvalue weighted by Gasteiger charge is 2.40. The van der Waals surface area contributed by atoms with Crippen molar-refractivity contribution >= 4 is 17.8 Å². The van der Waals surface area contributed by atoms with E-state index in [0.717, 1.165) is 0 Å². The van der Waals surface area contributed by atoms with Gasteiger partial charge in [0.2, 0.25) is 5.91 Å². The Morgan fingerprint density at radius 2 is 2.17 bits per heavy atom. The SMILES string of the molecule is COC(C)(C)C(=O)N1CCNC(=O)C1CC(=O)O. The van der Waals surface area contributed by atoms with E-state index < -0.39 is 29.9 Å². The fourth-order valence-electron chi connectivity index (χ4n) is 1.76. The van der Waals surface area contributed by atoms with Crippen LogP contribution in [0.5, 0.6) is 0 Å². The van der Waals surface area contributed by atoms with E-state index in [9.17, 15) is 14.4 Å². The molecule has 1 heterocycles.